The molecule has 0 aliphatic carbocycles. The van der Waals surface area contributed by atoms with Crippen LogP contribution in [-0.4, -0.2) is 33.9 Å². The minimum Gasteiger partial charge on any atom is -0.361 e. The maximum Gasteiger partial charge on any atom is 0.228 e. The molecule has 8 heteroatoms. The third-order valence-corrected chi connectivity index (χ3v) is 3.95. The van der Waals surface area contributed by atoms with Gasteiger partial charge in [-0.15, -0.1) is 11.3 Å². The molecule has 0 aliphatic heterocycles. The van der Waals surface area contributed by atoms with Gasteiger partial charge in [0.15, 0.2) is 5.13 Å². The van der Waals surface area contributed by atoms with Crippen molar-refractivity contribution in [3.8, 4) is 0 Å². The molecule has 124 valence electrons. The number of thiazole rings is 1. The van der Waals surface area contributed by atoms with Crippen LogP contribution in [0.25, 0.3) is 0 Å². The van der Waals surface area contributed by atoms with Crippen LogP contribution in [0.4, 0.5) is 5.13 Å². The first-order chi connectivity index (χ1) is 10.8. The molecule has 7 nitrogen and oxygen atoms in total. The fraction of sp³-hybridized carbons (Fsp3) is 0.467. The first-order valence-corrected chi connectivity index (χ1v) is 8.14. The minimum atomic E-state index is -0.110. The van der Waals surface area contributed by atoms with E-state index in [0.29, 0.717) is 28.8 Å². The number of likely N-dealkylation sites (N-methyl/N-ethyl adjacent to an activating group) is 1. The Bertz CT molecular complexity index is 692. The molecule has 23 heavy (non-hydrogen) atoms. The number of hydrogen-bond donors (Lipinski definition) is 1. The molecule has 0 spiro atoms. The summed E-state index contributed by atoms with van der Waals surface area (Å²) >= 11 is 1.32. The molecule has 2 aromatic heterocycles. The van der Waals surface area contributed by atoms with Crippen molar-refractivity contribution in [2.24, 2.45) is 5.92 Å². The van der Waals surface area contributed by atoms with Crippen molar-refractivity contribution in [2.75, 3.05) is 12.4 Å². The van der Waals surface area contributed by atoms with Crippen molar-refractivity contribution < 1.29 is 14.1 Å². The van der Waals surface area contributed by atoms with Gasteiger partial charge in [0.25, 0.3) is 0 Å². The maximum absolute atomic E-state index is 12.2. The SMILES string of the molecule is Cc1cc(CN(C)C(=O)Cc2csc(NC(=O)C(C)C)n2)no1. The lowest BCUT2D eigenvalue weighted by atomic mass is 10.2. The summed E-state index contributed by atoms with van der Waals surface area (Å²) in [5, 5.41) is 8.89. The summed E-state index contributed by atoms with van der Waals surface area (Å²) in [5.41, 5.74) is 1.35. The van der Waals surface area contributed by atoms with Crippen LogP contribution in [-0.2, 0) is 22.6 Å². The zero-order chi connectivity index (χ0) is 17.0. The average molecular weight is 336 g/mol. The second-order valence-corrected chi connectivity index (χ2v) is 6.50. The van der Waals surface area contributed by atoms with E-state index in [1.165, 1.54) is 11.3 Å². The molecule has 0 aliphatic rings. The Morgan fingerprint density at radius 1 is 1.39 bits per heavy atom. The molecule has 0 unspecified atom stereocenters. The second-order valence-electron chi connectivity index (χ2n) is 5.64. The molecule has 0 radical (unpaired) electrons. The zero-order valence-corrected chi connectivity index (χ0v) is 14.4. The fourth-order valence-electron chi connectivity index (χ4n) is 1.81. The van der Waals surface area contributed by atoms with Crippen LogP contribution in [0.1, 0.15) is 31.0 Å². The van der Waals surface area contributed by atoms with E-state index in [-0.39, 0.29) is 24.2 Å². The van der Waals surface area contributed by atoms with Gasteiger partial charge in [-0.1, -0.05) is 19.0 Å². The second kappa shape index (κ2) is 7.36. The molecule has 2 aromatic rings. The Hall–Kier alpha value is -2.22. The number of carbonyl (C=O) groups is 2. The number of aryl methyl sites for hydroxylation is 1. The molecule has 2 heterocycles. The Labute approximate surface area is 138 Å². The molecule has 2 rings (SSSR count). The van der Waals surface area contributed by atoms with E-state index >= 15 is 0 Å². The van der Waals surface area contributed by atoms with E-state index < -0.39 is 0 Å². The number of hydrogen-bond acceptors (Lipinski definition) is 6. The number of nitrogens with zero attached hydrogens (tertiary/aromatic N) is 3. The van der Waals surface area contributed by atoms with E-state index in [1.54, 1.807) is 30.3 Å². The summed E-state index contributed by atoms with van der Waals surface area (Å²) in [5.74, 6) is 0.445. The number of nitrogens with one attached hydrogen (secondary N) is 1. The van der Waals surface area contributed by atoms with Gasteiger partial charge in [-0.3, -0.25) is 9.59 Å². The number of aromatic nitrogens is 2. The molecule has 1 N–H and O–H groups in total. The van der Waals surface area contributed by atoms with E-state index in [1.807, 2.05) is 13.8 Å². The lowest BCUT2D eigenvalue weighted by Crippen LogP contribution is -2.28. The van der Waals surface area contributed by atoms with Crippen LogP contribution in [0.2, 0.25) is 0 Å². The van der Waals surface area contributed by atoms with E-state index in [9.17, 15) is 9.59 Å². The molecule has 0 fully saturated rings. The molecule has 0 saturated heterocycles. The summed E-state index contributed by atoms with van der Waals surface area (Å²) in [6, 6.07) is 1.80. The van der Waals surface area contributed by atoms with Gasteiger partial charge in [0, 0.05) is 24.4 Å². The first kappa shape index (κ1) is 17.1. The topological polar surface area (TPSA) is 88.3 Å². The van der Waals surface area contributed by atoms with Gasteiger partial charge in [0.1, 0.15) is 11.5 Å². The van der Waals surface area contributed by atoms with Crippen molar-refractivity contribution >= 4 is 28.3 Å². The molecule has 0 bridgehead atoms. The zero-order valence-electron chi connectivity index (χ0n) is 13.6. The first-order valence-electron chi connectivity index (χ1n) is 7.26. The monoisotopic (exact) mass is 336 g/mol. The predicted octanol–water partition coefficient (Wildman–Crippen LogP) is 2.24. The summed E-state index contributed by atoms with van der Waals surface area (Å²) in [6.07, 6.45) is 0.182. The van der Waals surface area contributed by atoms with Gasteiger partial charge >= 0.3 is 0 Å². The maximum atomic E-state index is 12.2. The Morgan fingerprint density at radius 3 is 2.74 bits per heavy atom. The van der Waals surface area contributed by atoms with Gasteiger partial charge in [0.05, 0.1) is 18.7 Å². The summed E-state index contributed by atoms with van der Waals surface area (Å²) in [4.78, 5) is 29.7. The molecule has 0 atom stereocenters. The van der Waals surface area contributed by atoms with Crippen LogP contribution in [0.3, 0.4) is 0 Å². The van der Waals surface area contributed by atoms with Crippen molar-refractivity contribution in [2.45, 2.75) is 33.7 Å². The Kier molecular flexibility index (Phi) is 5.49. The smallest absolute Gasteiger partial charge is 0.228 e. The van der Waals surface area contributed by atoms with Gasteiger partial charge in [-0.2, -0.15) is 0 Å². The highest BCUT2D eigenvalue weighted by molar-refractivity contribution is 7.13. The summed E-state index contributed by atoms with van der Waals surface area (Å²) in [7, 11) is 1.71. The van der Waals surface area contributed by atoms with Gasteiger partial charge in [0.2, 0.25) is 11.8 Å². The molecule has 2 amide bonds. The summed E-state index contributed by atoms with van der Waals surface area (Å²) < 4.78 is 4.98. The van der Waals surface area contributed by atoms with Crippen molar-refractivity contribution in [1.29, 1.82) is 0 Å². The Balaban J connectivity index is 1.89. The van der Waals surface area contributed by atoms with Gasteiger partial charge < -0.3 is 14.7 Å². The standard InChI is InChI=1S/C15H20N4O3S/c1-9(2)14(21)17-15-16-12(8-23-15)6-13(20)19(4)7-11-5-10(3)22-18-11/h5,8-9H,6-7H2,1-4H3,(H,16,17,21). The Morgan fingerprint density at radius 2 is 2.13 bits per heavy atom. The number of anilines is 1. The van der Waals surface area contributed by atoms with Crippen LogP contribution in [0.5, 0.6) is 0 Å². The molecular formula is C15H20N4O3S. The summed E-state index contributed by atoms with van der Waals surface area (Å²) in [6.45, 7) is 5.82. The highest BCUT2D eigenvalue weighted by atomic mass is 32.1. The highest BCUT2D eigenvalue weighted by Crippen LogP contribution is 2.17. The van der Waals surface area contributed by atoms with Crippen LogP contribution in [0, 0.1) is 12.8 Å². The van der Waals surface area contributed by atoms with Crippen molar-refractivity contribution in [3.05, 3.63) is 28.6 Å². The number of carbonyl (C=O) groups excluding carboxylic acids is 2. The van der Waals surface area contributed by atoms with E-state index in [2.05, 4.69) is 15.5 Å². The lowest BCUT2D eigenvalue weighted by Gasteiger charge is -2.14. The fourth-order valence-corrected chi connectivity index (χ4v) is 2.52. The van der Waals surface area contributed by atoms with Crippen molar-refractivity contribution in [3.63, 3.8) is 0 Å². The van der Waals surface area contributed by atoms with Gasteiger partial charge in [-0.05, 0) is 6.92 Å². The normalized spacial score (nSPS) is 10.8. The average Bonchev–Trinajstić information content (AvgIpc) is 3.08. The minimum absolute atomic E-state index is 0.0716. The molecular weight excluding hydrogens is 316 g/mol. The van der Waals surface area contributed by atoms with Crippen LogP contribution in [0.15, 0.2) is 16.0 Å². The molecule has 0 saturated carbocycles. The lowest BCUT2D eigenvalue weighted by molar-refractivity contribution is -0.129. The van der Waals surface area contributed by atoms with E-state index in [0.717, 1.165) is 0 Å². The van der Waals surface area contributed by atoms with E-state index in [4.69, 9.17) is 4.52 Å². The van der Waals surface area contributed by atoms with Gasteiger partial charge in [-0.25, -0.2) is 4.98 Å². The molecule has 0 aromatic carbocycles. The highest BCUT2D eigenvalue weighted by Gasteiger charge is 2.15. The predicted molar refractivity (Wildman–Crippen MR) is 87.0 cm³/mol. The third kappa shape index (κ3) is 4.88. The third-order valence-electron chi connectivity index (χ3n) is 3.14. The van der Waals surface area contributed by atoms with Crippen LogP contribution >= 0.6 is 11.3 Å². The largest absolute Gasteiger partial charge is 0.361 e. The van der Waals surface area contributed by atoms with Crippen LogP contribution < -0.4 is 5.32 Å². The quantitative estimate of drug-likeness (QED) is 0.874. The van der Waals surface area contributed by atoms with Crippen molar-refractivity contribution in [1.82, 2.24) is 15.0 Å². The number of amides is 2. The number of rotatable bonds is 6.